The minimum atomic E-state index is 0.529. The van der Waals surface area contributed by atoms with Crippen molar-refractivity contribution in [2.75, 3.05) is 0 Å². The lowest BCUT2D eigenvalue weighted by atomic mass is 10.2. The monoisotopic (exact) mass is 350 g/mol. The maximum Gasteiger partial charge on any atom is 0.124 e. The summed E-state index contributed by atoms with van der Waals surface area (Å²) in [5, 5.41) is 0.952. The molecule has 116 valence electrons. The zero-order valence-corrected chi connectivity index (χ0v) is 15.1. The van der Waals surface area contributed by atoms with E-state index in [2.05, 4.69) is 28.1 Å². The standard InChI is InChI=1S/C8H8O.C7H7Br.2C2H6/c9-7-6-8-4-2-1-3-5-8;8-6-7-4-2-1-3-5-7;2*1-2/h1-5,7H,6H2;1-5H,6H2;2*1-2H3. The molecule has 0 heterocycles. The van der Waals surface area contributed by atoms with Gasteiger partial charge in [-0.15, -0.1) is 0 Å². The molecule has 0 spiro atoms. The zero-order chi connectivity index (χ0) is 16.3. The van der Waals surface area contributed by atoms with Gasteiger partial charge in [-0.1, -0.05) is 104 Å². The average Bonchev–Trinajstić information content (AvgIpc) is 2.61. The molecule has 0 atom stereocenters. The Hall–Kier alpha value is -1.41. The summed E-state index contributed by atoms with van der Waals surface area (Å²) in [6.07, 6.45) is 1.44. The quantitative estimate of drug-likeness (QED) is 0.485. The van der Waals surface area contributed by atoms with Crippen LogP contribution in [-0.2, 0) is 16.5 Å². The Morgan fingerprint density at radius 3 is 1.43 bits per heavy atom. The van der Waals surface area contributed by atoms with Gasteiger partial charge in [0, 0.05) is 11.8 Å². The highest BCUT2D eigenvalue weighted by Crippen LogP contribution is 2.02. The molecule has 0 fully saturated rings. The van der Waals surface area contributed by atoms with Crippen molar-refractivity contribution in [3.05, 3.63) is 71.8 Å². The number of rotatable bonds is 3. The largest absolute Gasteiger partial charge is 0.303 e. The van der Waals surface area contributed by atoms with Gasteiger partial charge >= 0.3 is 0 Å². The summed E-state index contributed by atoms with van der Waals surface area (Å²) in [6, 6.07) is 20.0. The minimum Gasteiger partial charge on any atom is -0.303 e. The molecule has 0 aliphatic heterocycles. The van der Waals surface area contributed by atoms with Gasteiger partial charge < -0.3 is 4.79 Å². The van der Waals surface area contributed by atoms with Crippen LogP contribution in [0.5, 0.6) is 0 Å². The van der Waals surface area contributed by atoms with E-state index < -0.39 is 0 Å². The van der Waals surface area contributed by atoms with Crippen molar-refractivity contribution in [2.24, 2.45) is 0 Å². The summed E-state index contributed by atoms with van der Waals surface area (Å²) < 4.78 is 0. The van der Waals surface area contributed by atoms with Crippen molar-refractivity contribution < 1.29 is 4.79 Å². The van der Waals surface area contributed by atoms with Gasteiger partial charge in [0.25, 0.3) is 0 Å². The van der Waals surface area contributed by atoms with E-state index in [0.717, 1.165) is 17.2 Å². The van der Waals surface area contributed by atoms with Crippen LogP contribution in [0.25, 0.3) is 0 Å². The predicted molar refractivity (Wildman–Crippen MR) is 98.0 cm³/mol. The normalized spacial score (nSPS) is 7.86. The molecule has 0 unspecified atom stereocenters. The Kier molecular flexibility index (Phi) is 19.4. The number of carbonyl (C=O) groups is 1. The highest BCUT2D eigenvalue weighted by Gasteiger charge is 1.84. The third-order valence-electron chi connectivity index (χ3n) is 2.16. The van der Waals surface area contributed by atoms with Gasteiger partial charge in [-0.25, -0.2) is 0 Å². The van der Waals surface area contributed by atoms with Crippen molar-refractivity contribution in [3.8, 4) is 0 Å². The van der Waals surface area contributed by atoms with E-state index in [4.69, 9.17) is 0 Å². The molecule has 2 rings (SSSR count). The summed E-state index contributed by atoms with van der Waals surface area (Å²) in [5.74, 6) is 0. The van der Waals surface area contributed by atoms with Gasteiger partial charge in [-0.2, -0.15) is 0 Å². The molecule has 0 radical (unpaired) electrons. The number of alkyl halides is 1. The van der Waals surface area contributed by atoms with Crippen LogP contribution in [-0.4, -0.2) is 6.29 Å². The summed E-state index contributed by atoms with van der Waals surface area (Å²) in [7, 11) is 0. The van der Waals surface area contributed by atoms with E-state index in [-0.39, 0.29) is 0 Å². The first-order valence-corrected chi connectivity index (χ1v) is 8.56. The van der Waals surface area contributed by atoms with Crippen LogP contribution in [0, 0.1) is 0 Å². The lowest BCUT2D eigenvalue weighted by Crippen LogP contribution is -1.82. The third-order valence-corrected chi connectivity index (χ3v) is 2.81. The lowest BCUT2D eigenvalue weighted by molar-refractivity contribution is -0.107. The Balaban J connectivity index is 0. The van der Waals surface area contributed by atoms with E-state index in [1.54, 1.807) is 0 Å². The number of benzene rings is 2. The van der Waals surface area contributed by atoms with Crippen LogP contribution in [0.2, 0.25) is 0 Å². The lowest BCUT2D eigenvalue weighted by Gasteiger charge is -1.89. The molecule has 21 heavy (non-hydrogen) atoms. The molecule has 0 bridgehead atoms. The van der Waals surface area contributed by atoms with Crippen LogP contribution in [0.3, 0.4) is 0 Å². The predicted octanol–water partition coefficient (Wildman–Crippen LogP) is 6.06. The Morgan fingerprint density at radius 2 is 1.14 bits per heavy atom. The molecule has 0 saturated carbocycles. The van der Waals surface area contributed by atoms with Crippen molar-refractivity contribution in [1.82, 2.24) is 0 Å². The molecule has 2 aromatic rings. The highest BCUT2D eigenvalue weighted by molar-refractivity contribution is 9.08. The maximum atomic E-state index is 9.97. The van der Waals surface area contributed by atoms with Crippen molar-refractivity contribution in [3.63, 3.8) is 0 Å². The number of hydrogen-bond donors (Lipinski definition) is 0. The van der Waals surface area contributed by atoms with Gasteiger partial charge in [0.15, 0.2) is 0 Å². The van der Waals surface area contributed by atoms with Crippen molar-refractivity contribution in [2.45, 2.75) is 39.4 Å². The van der Waals surface area contributed by atoms with Crippen LogP contribution in [0.1, 0.15) is 38.8 Å². The summed E-state index contributed by atoms with van der Waals surface area (Å²) in [4.78, 5) is 9.97. The highest BCUT2D eigenvalue weighted by atomic mass is 79.9. The third kappa shape index (κ3) is 13.3. The molecule has 0 amide bonds. The number of carbonyl (C=O) groups excluding carboxylic acids is 1. The molecule has 2 heteroatoms. The number of aldehydes is 1. The van der Waals surface area contributed by atoms with E-state index in [0.29, 0.717) is 6.42 Å². The van der Waals surface area contributed by atoms with Gasteiger partial charge in [-0.3, -0.25) is 0 Å². The second-order valence-corrected chi connectivity index (χ2v) is 4.04. The zero-order valence-electron chi connectivity index (χ0n) is 13.6. The van der Waals surface area contributed by atoms with Crippen LogP contribution < -0.4 is 0 Å². The molecule has 0 saturated heterocycles. The smallest absolute Gasteiger partial charge is 0.124 e. The molecule has 1 nitrogen and oxygen atoms in total. The Labute approximate surface area is 138 Å². The first kappa shape index (κ1) is 21.9. The van der Waals surface area contributed by atoms with Crippen LogP contribution >= 0.6 is 15.9 Å². The summed E-state index contributed by atoms with van der Waals surface area (Å²) in [5.41, 5.74) is 2.40. The molecule has 0 aliphatic carbocycles. The number of halogens is 1. The van der Waals surface area contributed by atoms with Gasteiger partial charge in [0.2, 0.25) is 0 Å². The number of hydrogen-bond acceptors (Lipinski definition) is 1. The van der Waals surface area contributed by atoms with Gasteiger partial charge in [0.05, 0.1) is 0 Å². The fraction of sp³-hybridized carbons (Fsp3) is 0.316. The van der Waals surface area contributed by atoms with E-state index in [1.165, 1.54) is 5.56 Å². The Morgan fingerprint density at radius 1 is 0.762 bits per heavy atom. The molecular formula is C19H27BrO. The first-order chi connectivity index (χ1) is 10.4. The second kappa shape index (κ2) is 18.6. The average molecular weight is 351 g/mol. The first-order valence-electron chi connectivity index (χ1n) is 7.44. The fourth-order valence-corrected chi connectivity index (χ4v) is 1.65. The summed E-state index contributed by atoms with van der Waals surface area (Å²) in [6.45, 7) is 8.00. The van der Waals surface area contributed by atoms with Crippen LogP contribution in [0.4, 0.5) is 0 Å². The topological polar surface area (TPSA) is 17.1 Å². The Bertz CT molecular complexity index is 412. The second-order valence-electron chi connectivity index (χ2n) is 3.48. The van der Waals surface area contributed by atoms with Crippen molar-refractivity contribution >= 4 is 22.2 Å². The van der Waals surface area contributed by atoms with Crippen molar-refractivity contribution in [1.29, 1.82) is 0 Å². The fourth-order valence-electron chi connectivity index (χ4n) is 1.28. The van der Waals surface area contributed by atoms with E-state index in [1.807, 2.05) is 76.2 Å². The minimum absolute atomic E-state index is 0.529. The molecule has 0 aromatic heterocycles. The van der Waals surface area contributed by atoms with Gasteiger partial charge in [-0.05, 0) is 11.1 Å². The maximum absolute atomic E-state index is 9.97. The molecule has 0 N–H and O–H groups in total. The molecule has 2 aromatic carbocycles. The van der Waals surface area contributed by atoms with Gasteiger partial charge in [0.1, 0.15) is 6.29 Å². The van der Waals surface area contributed by atoms with E-state index >= 15 is 0 Å². The SMILES string of the molecule is BrCc1ccccc1.CC.CC.O=CCc1ccccc1. The van der Waals surface area contributed by atoms with Crippen LogP contribution in [0.15, 0.2) is 60.7 Å². The molecular weight excluding hydrogens is 324 g/mol. The van der Waals surface area contributed by atoms with E-state index in [9.17, 15) is 4.79 Å². The molecule has 0 aliphatic rings. The summed E-state index contributed by atoms with van der Waals surface area (Å²) >= 11 is 3.36.